The van der Waals surface area contributed by atoms with Crippen molar-refractivity contribution in [1.29, 1.82) is 0 Å². The maximum Gasteiger partial charge on any atom is 0.303 e. The number of rotatable bonds is 16. The normalized spacial score (nSPS) is 14.9. The van der Waals surface area contributed by atoms with Crippen LogP contribution < -0.4 is 11.1 Å². The highest BCUT2D eigenvalue weighted by Gasteiger charge is 2.31. The minimum atomic E-state index is -0.708. The van der Waals surface area contributed by atoms with Crippen LogP contribution in [0.25, 0.3) is 0 Å². The van der Waals surface area contributed by atoms with Crippen molar-refractivity contribution in [2.45, 2.75) is 91.8 Å². The zero-order valence-electron chi connectivity index (χ0n) is 25.4. The van der Waals surface area contributed by atoms with Gasteiger partial charge in [-0.15, -0.1) is 11.3 Å². The van der Waals surface area contributed by atoms with E-state index in [1.807, 2.05) is 44.2 Å². The number of nitrogens with zero attached hydrogens (tertiary/aromatic N) is 2. The summed E-state index contributed by atoms with van der Waals surface area (Å²) >= 11 is 1.24. The van der Waals surface area contributed by atoms with Crippen LogP contribution in [0.5, 0.6) is 0 Å². The third kappa shape index (κ3) is 10.9. The summed E-state index contributed by atoms with van der Waals surface area (Å²) < 4.78 is 5.67. The van der Waals surface area contributed by atoms with Gasteiger partial charge in [-0.25, -0.2) is 4.98 Å². The second-order valence-electron chi connectivity index (χ2n) is 11.3. The molecule has 0 radical (unpaired) electrons. The average Bonchev–Trinajstić information content (AvgIpc) is 3.41. The minimum Gasteiger partial charge on any atom is -0.455 e. The number of aromatic nitrogens is 1. The van der Waals surface area contributed by atoms with Gasteiger partial charge in [0.2, 0.25) is 11.8 Å². The Labute approximate surface area is 248 Å². The molecule has 0 saturated heterocycles. The predicted octanol–water partition coefficient (Wildman–Crippen LogP) is 4.91. The number of carbonyl (C=O) groups is 4. The summed E-state index contributed by atoms with van der Waals surface area (Å²) in [6, 6.07) is 9.17. The molecule has 2 aromatic rings. The number of ether oxygens (including phenoxy) is 1. The summed E-state index contributed by atoms with van der Waals surface area (Å²) in [6.45, 7) is 11.3. The molecule has 3 N–H and O–H groups in total. The lowest BCUT2D eigenvalue weighted by atomic mass is 9.95. The van der Waals surface area contributed by atoms with E-state index in [0.717, 1.165) is 12.0 Å². The first-order valence-electron chi connectivity index (χ1n) is 14.3. The van der Waals surface area contributed by atoms with Crippen LogP contribution in [-0.4, -0.2) is 52.7 Å². The number of hydrogen-bond donors (Lipinski definition) is 2. The van der Waals surface area contributed by atoms with E-state index in [1.165, 1.54) is 18.3 Å². The predicted molar refractivity (Wildman–Crippen MR) is 161 cm³/mol. The molecule has 0 aliphatic heterocycles. The molecule has 41 heavy (non-hydrogen) atoms. The fourth-order valence-corrected chi connectivity index (χ4v) is 5.54. The Balaban J connectivity index is 2.24. The van der Waals surface area contributed by atoms with Crippen molar-refractivity contribution < 1.29 is 23.9 Å². The molecule has 5 atom stereocenters. The van der Waals surface area contributed by atoms with Crippen LogP contribution in [0.1, 0.15) is 94.4 Å². The van der Waals surface area contributed by atoms with Crippen LogP contribution in [0.4, 0.5) is 0 Å². The Hall–Kier alpha value is -3.27. The van der Waals surface area contributed by atoms with E-state index in [9.17, 15) is 19.2 Å². The molecule has 10 heteroatoms. The molecule has 3 amide bonds. The second-order valence-corrected chi connectivity index (χ2v) is 12.2. The van der Waals surface area contributed by atoms with Gasteiger partial charge in [0.15, 0.2) is 6.10 Å². The first-order valence-corrected chi connectivity index (χ1v) is 15.2. The van der Waals surface area contributed by atoms with E-state index in [-0.39, 0.29) is 41.4 Å². The maximum atomic E-state index is 13.3. The average molecular weight is 587 g/mol. The quantitative estimate of drug-likeness (QED) is 0.269. The third-order valence-electron chi connectivity index (χ3n) is 7.46. The highest BCUT2D eigenvalue weighted by Crippen LogP contribution is 2.31. The zero-order chi connectivity index (χ0) is 30.7. The lowest BCUT2D eigenvalue weighted by Gasteiger charge is -2.34. The molecule has 0 spiro atoms. The van der Waals surface area contributed by atoms with Crippen LogP contribution >= 0.6 is 11.3 Å². The minimum absolute atomic E-state index is 0.0495. The number of amides is 3. The molecule has 0 fully saturated rings. The molecule has 0 aliphatic rings. The maximum absolute atomic E-state index is 13.3. The Morgan fingerprint density at radius 2 is 1.73 bits per heavy atom. The van der Waals surface area contributed by atoms with Gasteiger partial charge < -0.3 is 20.7 Å². The standard InChI is InChI=1S/C31H46N4O5S/c1-8-20(4)14-28(37)35(7)26(19(2)3)17-27(40-22(6)36)31-34-25(18-41-31)30(39)33-24(15-21(5)29(32)38)16-23-12-10-9-11-13-23/h9-13,18-21,24,26-27H,8,14-17H2,1-7H3,(H2,32,38)(H,33,39). The van der Waals surface area contributed by atoms with Crippen molar-refractivity contribution in [1.82, 2.24) is 15.2 Å². The molecule has 1 aromatic heterocycles. The Bertz CT molecular complexity index is 1150. The lowest BCUT2D eigenvalue weighted by molar-refractivity contribution is -0.148. The molecule has 9 nitrogen and oxygen atoms in total. The molecule has 1 aromatic carbocycles. The number of esters is 1. The third-order valence-corrected chi connectivity index (χ3v) is 8.39. The SMILES string of the molecule is CCC(C)CC(=O)N(C)C(CC(OC(C)=O)c1nc(C(=O)NC(Cc2ccccc2)CC(C)C(N)=O)cs1)C(C)C. The van der Waals surface area contributed by atoms with Crippen molar-refractivity contribution in [2.24, 2.45) is 23.5 Å². The first kappa shape index (κ1) is 33.9. The molecule has 1 heterocycles. The van der Waals surface area contributed by atoms with E-state index in [0.29, 0.717) is 30.7 Å². The summed E-state index contributed by atoms with van der Waals surface area (Å²) in [7, 11) is 1.79. The van der Waals surface area contributed by atoms with E-state index < -0.39 is 23.9 Å². The fraction of sp³-hybridized carbons (Fsp3) is 0.581. The van der Waals surface area contributed by atoms with Gasteiger partial charge >= 0.3 is 5.97 Å². The zero-order valence-corrected chi connectivity index (χ0v) is 26.2. The molecule has 0 bridgehead atoms. The summed E-state index contributed by atoms with van der Waals surface area (Å²) in [5.41, 5.74) is 6.73. The van der Waals surface area contributed by atoms with Crippen molar-refractivity contribution in [3.8, 4) is 0 Å². The number of hydrogen-bond acceptors (Lipinski definition) is 7. The summed E-state index contributed by atoms with van der Waals surface area (Å²) in [6.07, 6.45) is 1.94. The van der Waals surface area contributed by atoms with E-state index in [1.54, 1.807) is 24.3 Å². The number of primary amides is 1. The van der Waals surface area contributed by atoms with Gasteiger partial charge in [-0.3, -0.25) is 19.2 Å². The van der Waals surface area contributed by atoms with Gasteiger partial charge in [-0.1, -0.05) is 71.4 Å². The van der Waals surface area contributed by atoms with E-state index >= 15 is 0 Å². The molecule has 0 aliphatic carbocycles. The Morgan fingerprint density at radius 3 is 2.29 bits per heavy atom. The van der Waals surface area contributed by atoms with Crippen LogP contribution in [0.3, 0.4) is 0 Å². The van der Waals surface area contributed by atoms with E-state index in [2.05, 4.69) is 24.1 Å². The van der Waals surface area contributed by atoms with Crippen molar-refractivity contribution in [2.75, 3.05) is 7.05 Å². The lowest BCUT2D eigenvalue weighted by Crippen LogP contribution is -2.42. The first-order chi connectivity index (χ1) is 19.3. The van der Waals surface area contributed by atoms with Gasteiger partial charge in [0.1, 0.15) is 10.7 Å². The van der Waals surface area contributed by atoms with Crippen LogP contribution in [0, 0.1) is 17.8 Å². The van der Waals surface area contributed by atoms with Gasteiger partial charge in [-0.2, -0.15) is 0 Å². The molecule has 5 unspecified atom stereocenters. The molecule has 0 saturated carbocycles. The van der Waals surface area contributed by atoms with Crippen LogP contribution in [0.15, 0.2) is 35.7 Å². The molecular weight excluding hydrogens is 540 g/mol. The monoisotopic (exact) mass is 586 g/mol. The Morgan fingerprint density at radius 1 is 1.07 bits per heavy atom. The van der Waals surface area contributed by atoms with Gasteiger partial charge in [0.05, 0.1) is 0 Å². The second kappa shape index (κ2) is 16.2. The van der Waals surface area contributed by atoms with Crippen molar-refractivity contribution >= 4 is 35.0 Å². The number of thiazole rings is 1. The topological polar surface area (TPSA) is 132 Å². The van der Waals surface area contributed by atoms with Crippen LogP contribution in [0.2, 0.25) is 0 Å². The summed E-state index contributed by atoms with van der Waals surface area (Å²) in [5.74, 6) is -1.26. The van der Waals surface area contributed by atoms with Gasteiger partial charge in [0.25, 0.3) is 5.91 Å². The molecule has 226 valence electrons. The molecule has 2 rings (SSSR count). The van der Waals surface area contributed by atoms with Gasteiger partial charge in [0, 0.05) is 50.2 Å². The van der Waals surface area contributed by atoms with E-state index in [4.69, 9.17) is 10.5 Å². The highest BCUT2D eigenvalue weighted by atomic mass is 32.1. The number of carbonyl (C=O) groups excluding carboxylic acids is 4. The summed E-state index contributed by atoms with van der Waals surface area (Å²) in [4.78, 5) is 56.3. The summed E-state index contributed by atoms with van der Waals surface area (Å²) in [5, 5.41) is 5.14. The largest absolute Gasteiger partial charge is 0.455 e. The van der Waals surface area contributed by atoms with Crippen molar-refractivity contribution in [3.05, 3.63) is 52.0 Å². The number of nitrogens with two attached hydrogens (primary N) is 1. The smallest absolute Gasteiger partial charge is 0.303 e. The fourth-order valence-electron chi connectivity index (χ4n) is 4.70. The number of benzene rings is 1. The highest BCUT2D eigenvalue weighted by molar-refractivity contribution is 7.09. The van der Waals surface area contributed by atoms with Crippen LogP contribution in [-0.2, 0) is 25.5 Å². The van der Waals surface area contributed by atoms with Crippen molar-refractivity contribution in [3.63, 3.8) is 0 Å². The molecular formula is C31H46N4O5S. The van der Waals surface area contributed by atoms with Gasteiger partial charge in [-0.05, 0) is 30.2 Å². The Kier molecular flexibility index (Phi) is 13.4. The number of nitrogens with one attached hydrogen (secondary N) is 1.